The SMILES string of the molecule is CC(C)c1ncc(S(=O)(=O)F)s1. The molecule has 1 rings (SSSR count). The molecule has 0 bridgehead atoms. The largest absolute Gasteiger partial charge is 0.343 e. The van der Waals surface area contributed by atoms with Crippen molar-refractivity contribution in [3.05, 3.63) is 11.2 Å². The molecule has 1 aromatic heterocycles. The molecule has 0 aromatic carbocycles. The van der Waals surface area contributed by atoms with Crippen LogP contribution in [0.5, 0.6) is 0 Å². The summed E-state index contributed by atoms with van der Waals surface area (Å²) in [6, 6.07) is 0. The van der Waals surface area contributed by atoms with Crippen molar-refractivity contribution in [2.24, 2.45) is 0 Å². The second-order valence-electron chi connectivity index (χ2n) is 2.61. The lowest BCUT2D eigenvalue weighted by atomic mass is 10.2. The predicted octanol–water partition coefficient (Wildman–Crippen LogP) is 1.92. The Bertz CT molecular complexity index is 369. The topological polar surface area (TPSA) is 47.0 Å². The van der Waals surface area contributed by atoms with Crippen LogP contribution in [0.4, 0.5) is 3.89 Å². The summed E-state index contributed by atoms with van der Waals surface area (Å²) in [6.07, 6.45) is 1.05. The number of hydrogen-bond donors (Lipinski definition) is 0. The fourth-order valence-corrected chi connectivity index (χ4v) is 2.14. The van der Waals surface area contributed by atoms with E-state index in [9.17, 15) is 12.3 Å². The first-order valence-corrected chi connectivity index (χ1v) is 5.51. The second-order valence-corrected chi connectivity index (χ2v) is 5.25. The molecule has 1 aromatic rings. The molecule has 68 valence electrons. The van der Waals surface area contributed by atoms with Crippen LogP contribution in [0.25, 0.3) is 0 Å². The van der Waals surface area contributed by atoms with Crippen LogP contribution in [-0.2, 0) is 10.2 Å². The molecule has 0 aliphatic heterocycles. The van der Waals surface area contributed by atoms with Crippen molar-refractivity contribution in [3.8, 4) is 0 Å². The molecule has 0 N–H and O–H groups in total. The third-order valence-corrected chi connectivity index (χ3v) is 3.76. The van der Waals surface area contributed by atoms with Gasteiger partial charge in [0.25, 0.3) is 0 Å². The number of aromatic nitrogens is 1. The van der Waals surface area contributed by atoms with Crippen molar-refractivity contribution >= 4 is 21.6 Å². The smallest absolute Gasteiger partial charge is 0.248 e. The molecule has 1 heterocycles. The van der Waals surface area contributed by atoms with Gasteiger partial charge in [0, 0.05) is 5.92 Å². The molecule has 0 saturated heterocycles. The van der Waals surface area contributed by atoms with E-state index in [1.807, 2.05) is 13.8 Å². The molecule has 0 atom stereocenters. The Balaban J connectivity index is 3.09. The van der Waals surface area contributed by atoms with E-state index in [2.05, 4.69) is 4.98 Å². The highest BCUT2D eigenvalue weighted by Crippen LogP contribution is 2.25. The zero-order valence-corrected chi connectivity index (χ0v) is 8.25. The molecular formula is C6H8FNO2S2. The fraction of sp³-hybridized carbons (Fsp3) is 0.500. The van der Waals surface area contributed by atoms with E-state index in [4.69, 9.17) is 0 Å². The van der Waals surface area contributed by atoms with Gasteiger partial charge in [0.1, 0.15) is 0 Å². The van der Waals surface area contributed by atoms with E-state index in [1.165, 1.54) is 0 Å². The minimum atomic E-state index is -4.56. The molecule has 0 spiro atoms. The minimum absolute atomic E-state index is 0.130. The number of rotatable bonds is 2. The van der Waals surface area contributed by atoms with Crippen molar-refractivity contribution in [2.45, 2.75) is 24.0 Å². The Labute approximate surface area is 74.5 Å². The first-order chi connectivity index (χ1) is 5.41. The maximum absolute atomic E-state index is 12.3. The first kappa shape index (κ1) is 9.60. The standard InChI is InChI=1S/C6H8FNO2S2/c1-4(2)6-8-3-5(11-6)12(7,9)10/h3-4H,1-2H3. The van der Waals surface area contributed by atoms with E-state index in [-0.39, 0.29) is 10.1 Å². The summed E-state index contributed by atoms with van der Waals surface area (Å²) in [4.78, 5) is 3.78. The number of halogens is 1. The van der Waals surface area contributed by atoms with Crippen LogP contribution in [-0.4, -0.2) is 13.4 Å². The predicted molar refractivity (Wildman–Crippen MR) is 44.5 cm³/mol. The minimum Gasteiger partial charge on any atom is -0.248 e. The van der Waals surface area contributed by atoms with Gasteiger partial charge in [-0.05, 0) is 0 Å². The lowest BCUT2D eigenvalue weighted by Gasteiger charge is -1.94. The Morgan fingerprint density at radius 2 is 2.17 bits per heavy atom. The molecule has 0 aliphatic carbocycles. The molecule has 6 heteroatoms. The van der Waals surface area contributed by atoms with Crippen molar-refractivity contribution in [1.82, 2.24) is 4.98 Å². The van der Waals surface area contributed by atoms with Gasteiger partial charge in [0.15, 0.2) is 4.21 Å². The molecule has 3 nitrogen and oxygen atoms in total. The molecule has 0 unspecified atom stereocenters. The summed E-state index contributed by atoms with van der Waals surface area (Å²) < 4.78 is 32.8. The summed E-state index contributed by atoms with van der Waals surface area (Å²) in [5.41, 5.74) is 0. The first-order valence-electron chi connectivity index (χ1n) is 3.31. The molecule has 12 heavy (non-hydrogen) atoms. The fourth-order valence-electron chi connectivity index (χ4n) is 0.652. The van der Waals surface area contributed by atoms with Crippen LogP contribution in [0.2, 0.25) is 0 Å². The lowest BCUT2D eigenvalue weighted by molar-refractivity contribution is 0.554. The van der Waals surface area contributed by atoms with Crippen molar-refractivity contribution < 1.29 is 12.3 Å². The highest BCUT2D eigenvalue weighted by Gasteiger charge is 2.16. The van der Waals surface area contributed by atoms with Crippen molar-refractivity contribution in [2.75, 3.05) is 0 Å². The molecule has 0 radical (unpaired) electrons. The van der Waals surface area contributed by atoms with Gasteiger partial charge in [0.2, 0.25) is 0 Å². The van der Waals surface area contributed by atoms with Crippen LogP contribution in [0.1, 0.15) is 24.8 Å². The van der Waals surface area contributed by atoms with Crippen LogP contribution >= 0.6 is 11.3 Å². The van der Waals surface area contributed by atoms with Gasteiger partial charge < -0.3 is 0 Å². The highest BCUT2D eigenvalue weighted by atomic mass is 32.3. The maximum Gasteiger partial charge on any atom is 0.343 e. The van der Waals surface area contributed by atoms with Gasteiger partial charge in [-0.2, -0.15) is 8.42 Å². The highest BCUT2D eigenvalue weighted by molar-refractivity contribution is 7.88. The average molecular weight is 209 g/mol. The van der Waals surface area contributed by atoms with Gasteiger partial charge in [-0.1, -0.05) is 17.7 Å². The Hall–Kier alpha value is -0.490. The quantitative estimate of drug-likeness (QED) is 0.699. The Morgan fingerprint density at radius 3 is 2.42 bits per heavy atom. The normalized spacial score (nSPS) is 12.3. The second kappa shape index (κ2) is 3.10. The van der Waals surface area contributed by atoms with Gasteiger partial charge in [-0.15, -0.1) is 11.3 Å². The van der Waals surface area contributed by atoms with E-state index in [0.29, 0.717) is 5.01 Å². The Morgan fingerprint density at radius 1 is 1.58 bits per heavy atom. The van der Waals surface area contributed by atoms with E-state index >= 15 is 0 Å². The third kappa shape index (κ3) is 2.01. The summed E-state index contributed by atoms with van der Waals surface area (Å²) >= 11 is 0.874. The monoisotopic (exact) mass is 209 g/mol. The summed E-state index contributed by atoms with van der Waals surface area (Å²) in [7, 11) is -4.56. The number of hydrogen-bond acceptors (Lipinski definition) is 4. The van der Waals surface area contributed by atoms with Crippen molar-refractivity contribution in [3.63, 3.8) is 0 Å². The average Bonchev–Trinajstić information content (AvgIpc) is 2.30. The molecule has 0 amide bonds. The maximum atomic E-state index is 12.3. The molecule has 0 aliphatic rings. The van der Waals surface area contributed by atoms with Crippen LogP contribution in [0, 0.1) is 0 Å². The van der Waals surface area contributed by atoms with E-state index in [0.717, 1.165) is 17.5 Å². The van der Waals surface area contributed by atoms with Crippen LogP contribution in [0.3, 0.4) is 0 Å². The molecular weight excluding hydrogens is 201 g/mol. The third-order valence-electron chi connectivity index (χ3n) is 1.24. The zero-order chi connectivity index (χ0) is 9.35. The van der Waals surface area contributed by atoms with Crippen LogP contribution in [0.15, 0.2) is 10.4 Å². The number of thiazole rings is 1. The van der Waals surface area contributed by atoms with Crippen LogP contribution < -0.4 is 0 Å². The molecule has 0 saturated carbocycles. The Kier molecular flexibility index (Phi) is 2.48. The summed E-state index contributed by atoms with van der Waals surface area (Å²) in [5, 5.41) is 0.631. The lowest BCUT2D eigenvalue weighted by Crippen LogP contribution is -1.85. The van der Waals surface area contributed by atoms with Gasteiger partial charge in [-0.25, -0.2) is 4.98 Å². The van der Waals surface area contributed by atoms with Gasteiger partial charge >= 0.3 is 10.2 Å². The zero-order valence-electron chi connectivity index (χ0n) is 6.61. The summed E-state index contributed by atoms with van der Waals surface area (Å²) in [6.45, 7) is 3.74. The number of nitrogens with zero attached hydrogens (tertiary/aromatic N) is 1. The summed E-state index contributed by atoms with van der Waals surface area (Å²) in [5.74, 6) is 0.130. The van der Waals surface area contributed by atoms with E-state index < -0.39 is 10.2 Å². The van der Waals surface area contributed by atoms with Gasteiger partial charge in [-0.3, -0.25) is 0 Å². The molecule has 0 fully saturated rings. The van der Waals surface area contributed by atoms with Crippen molar-refractivity contribution in [1.29, 1.82) is 0 Å². The van der Waals surface area contributed by atoms with Gasteiger partial charge in [0.05, 0.1) is 11.2 Å². The van der Waals surface area contributed by atoms with E-state index in [1.54, 1.807) is 0 Å².